The second-order valence-electron chi connectivity index (χ2n) is 9.51. The fraction of sp³-hybridized carbons (Fsp3) is 0.357. The van der Waals surface area contributed by atoms with Crippen LogP contribution in [0.25, 0.3) is 0 Å². The van der Waals surface area contributed by atoms with Crippen molar-refractivity contribution in [2.24, 2.45) is 0 Å². The predicted octanol–water partition coefficient (Wildman–Crippen LogP) is 5.11. The Morgan fingerprint density at radius 2 is 1.74 bits per heavy atom. The summed E-state index contributed by atoms with van der Waals surface area (Å²) >= 11 is 0. The van der Waals surface area contributed by atoms with E-state index in [1.165, 1.54) is 25.1 Å². The molecule has 1 N–H and O–H groups in total. The van der Waals surface area contributed by atoms with E-state index in [0.717, 1.165) is 40.8 Å². The smallest absolute Gasteiger partial charge is 0.416 e. The molecule has 204 valence electrons. The number of rotatable bonds is 6. The highest BCUT2D eigenvalue weighted by Gasteiger charge is 2.53. The first kappa shape index (κ1) is 27.7. The number of carboxylic acid groups (broad SMARTS) is 1. The van der Waals surface area contributed by atoms with Crippen molar-refractivity contribution in [1.82, 2.24) is 9.80 Å². The summed E-state index contributed by atoms with van der Waals surface area (Å²) in [5, 5.41) is 19.7. The normalized spacial score (nSPS) is 19.9. The topological polar surface area (TPSA) is 105 Å². The molecular formula is C28H27F3N4O4. The first-order valence-electron chi connectivity index (χ1n) is 12.5. The minimum absolute atomic E-state index is 0.0489. The first-order chi connectivity index (χ1) is 18.4. The summed E-state index contributed by atoms with van der Waals surface area (Å²) in [5.74, 6) is -1.78. The summed E-state index contributed by atoms with van der Waals surface area (Å²) in [6.07, 6.45) is -3.05. The summed E-state index contributed by atoms with van der Waals surface area (Å²) in [6, 6.07) is 11.3. The maximum Gasteiger partial charge on any atom is 0.416 e. The molecule has 0 unspecified atom stereocenters. The van der Waals surface area contributed by atoms with Crippen LogP contribution in [0.3, 0.4) is 0 Å². The number of nitrogens with zero attached hydrogens (tertiary/aromatic N) is 4. The van der Waals surface area contributed by atoms with Crippen LogP contribution in [0.4, 0.5) is 23.7 Å². The van der Waals surface area contributed by atoms with Gasteiger partial charge in [-0.1, -0.05) is 25.1 Å². The third-order valence-electron chi connectivity index (χ3n) is 7.39. The van der Waals surface area contributed by atoms with Gasteiger partial charge < -0.3 is 14.9 Å². The Balaban J connectivity index is 1.97. The third kappa shape index (κ3) is 4.82. The van der Waals surface area contributed by atoms with Crippen LogP contribution in [0.15, 0.2) is 59.8 Å². The summed E-state index contributed by atoms with van der Waals surface area (Å²) < 4.78 is 40.6. The number of carbonyl (C=O) groups excluding carboxylic acids is 2. The molecule has 1 saturated heterocycles. The number of nitriles is 1. The fourth-order valence-electron chi connectivity index (χ4n) is 5.53. The molecule has 2 heterocycles. The number of carboxylic acids is 1. The molecule has 39 heavy (non-hydrogen) atoms. The first-order valence-corrected chi connectivity index (χ1v) is 12.5. The SMILES string of the molecule is CC[C@@]1(c2ccc(C#N)cc2)C(C(=O)O)=C(C)N(c2cccc(C(F)(F)F)c2)C(=O)N1CC(=O)N1CCCC1. The van der Waals surface area contributed by atoms with Crippen molar-refractivity contribution >= 4 is 23.6 Å². The highest BCUT2D eigenvalue weighted by atomic mass is 19.4. The minimum Gasteiger partial charge on any atom is -0.478 e. The molecule has 8 nitrogen and oxygen atoms in total. The van der Waals surface area contributed by atoms with Gasteiger partial charge >= 0.3 is 18.2 Å². The number of alkyl halides is 3. The zero-order chi connectivity index (χ0) is 28.5. The molecule has 1 atom stereocenters. The van der Waals surface area contributed by atoms with Crippen molar-refractivity contribution < 1.29 is 32.7 Å². The lowest BCUT2D eigenvalue weighted by molar-refractivity contribution is -0.137. The van der Waals surface area contributed by atoms with Gasteiger partial charge in [-0.2, -0.15) is 18.4 Å². The molecule has 0 aromatic heterocycles. The molecule has 3 amide bonds. The molecule has 2 aliphatic heterocycles. The van der Waals surface area contributed by atoms with Gasteiger partial charge in [0, 0.05) is 18.8 Å². The molecule has 0 aliphatic carbocycles. The van der Waals surface area contributed by atoms with Gasteiger partial charge in [-0.15, -0.1) is 0 Å². The van der Waals surface area contributed by atoms with Gasteiger partial charge in [0.2, 0.25) is 5.91 Å². The molecule has 1 fully saturated rings. The number of anilines is 1. The molecule has 0 bridgehead atoms. The minimum atomic E-state index is -4.69. The van der Waals surface area contributed by atoms with Gasteiger partial charge in [-0.25, -0.2) is 9.59 Å². The number of halogens is 3. The van der Waals surface area contributed by atoms with Crippen LogP contribution in [0.5, 0.6) is 0 Å². The van der Waals surface area contributed by atoms with E-state index < -0.39 is 35.8 Å². The fourth-order valence-corrected chi connectivity index (χ4v) is 5.53. The average molecular weight is 541 g/mol. The summed E-state index contributed by atoms with van der Waals surface area (Å²) in [4.78, 5) is 44.1. The molecule has 0 radical (unpaired) electrons. The van der Waals surface area contributed by atoms with E-state index in [-0.39, 0.29) is 29.3 Å². The summed E-state index contributed by atoms with van der Waals surface area (Å²) in [7, 11) is 0. The van der Waals surface area contributed by atoms with E-state index in [0.29, 0.717) is 24.2 Å². The third-order valence-corrected chi connectivity index (χ3v) is 7.39. The zero-order valence-electron chi connectivity index (χ0n) is 21.5. The number of aliphatic carboxylic acids is 1. The molecular weight excluding hydrogens is 513 g/mol. The van der Waals surface area contributed by atoms with Crippen LogP contribution in [0, 0.1) is 11.3 Å². The van der Waals surface area contributed by atoms with Crippen molar-refractivity contribution in [3.63, 3.8) is 0 Å². The molecule has 4 rings (SSSR count). The van der Waals surface area contributed by atoms with Gasteiger partial charge in [-0.05, 0) is 62.1 Å². The van der Waals surface area contributed by atoms with E-state index in [9.17, 15) is 37.9 Å². The van der Waals surface area contributed by atoms with Crippen LogP contribution in [0.2, 0.25) is 0 Å². The Bertz CT molecular complexity index is 1370. The second kappa shape index (κ2) is 10.4. The Morgan fingerprint density at radius 3 is 2.28 bits per heavy atom. The van der Waals surface area contributed by atoms with E-state index in [1.807, 2.05) is 6.07 Å². The van der Waals surface area contributed by atoms with Crippen LogP contribution in [0.1, 0.15) is 49.8 Å². The number of urea groups is 1. The van der Waals surface area contributed by atoms with Crippen molar-refractivity contribution in [2.45, 2.75) is 44.8 Å². The molecule has 2 aromatic carbocycles. The number of hydrogen-bond acceptors (Lipinski definition) is 4. The monoisotopic (exact) mass is 540 g/mol. The van der Waals surface area contributed by atoms with Crippen LogP contribution in [-0.2, 0) is 21.3 Å². The maximum atomic E-state index is 14.2. The Hall–Kier alpha value is -4.33. The van der Waals surface area contributed by atoms with Crippen LogP contribution < -0.4 is 4.90 Å². The molecule has 0 saturated carbocycles. The number of hydrogen-bond donors (Lipinski definition) is 1. The van der Waals surface area contributed by atoms with Crippen LogP contribution in [-0.4, -0.2) is 52.4 Å². The molecule has 2 aliphatic rings. The number of allylic oxidation sites excluding steroid dienone is 1. The highest BCUT2D eigenvalue weighted by molar-refractivity contribution is 6.05. The Kier molecular flexibility index (Phi) is 7.41. The Labute approximate surface area is 223 Å². The zero-order valence-corrected chi connectivity index (χ0v) is 21.5. The van der Waals surface area contributed by atoms with Gasteiger partial charge in [-0.3, -0.25) is 9.69 Å². The van der Waals surface area contributed by atoms with E-state index in [2.05, 4.69) is 0 Å². The van der Waals surface area contributed by atoms with Crippen molar-refractivity contribution in [1.29, 1.82) is 5.26 Å². The largest absolute Gasteiger partial charge is 0.478 e. The van der Waals surface area contributed by atoms with E-state index in [1.54, 1.807) is 24.0 Å². The lowest BCUT2D eigenvalue weighted by Crippen LogP contribution is -2.62. The highest BCUT2D eigenvalue weighted by Crippen LogP contribution is 2.47. The van der Waals surface area contributed by atoms with Crippen molar-refractivity contribution in [2.75, 3.05) is 24.5 Å². The standard InChI is InChI=1S/C28H27F3N4O4/c1-3-27(20-11-9-19(16-32)10-12-20)24(25(37)38)18(2)35(22-8-6-7-21(15-22)28(29,30)31)26(39)34(27)17-23(36)33-13-4-5-14-33/h6-12,15H,3-5,13-14,17H2,1-2H3,(H,37,38)/t27-/m1/s1. The van der Waals surface area contributed by atoms with E-state index >= 15 is 0 Å². The predicted molar refractivity (Wildman–Crippen MR) is 135 cm³/mol. The summed E-state index contributed by atoms with van der Waals surface area (Å²) in [6.45, 7) is 3.56. The lowest BCUT2D eigenvalue weighted by Gasteiger charge is -2.50. The number of likely N-dealkylation sites (tertiary alicyclic amines) is 1. The Morgan fingerprint density at radius 1 is 1.10 bits per heavy atom. The lowest BCUT2D eigenvalue weighted by atomic mass is 9.75. The van der Waals surface area contributed by atoms with Crippen molar-refractivity contribution in [3.05, 3.63) is 76.5 Å². The van der Waals surface area contributed by atoms with Crippen molar-refractivity contribution in [3.8, 4) is 6.07 Å². The molecule has 0 spiro atoms. The molecule has 2 aromatic rings. The maximum absolute atomic E-state index is 14.2. The van der Waals surface area contributed by atoms with Gasteiger partial charge in [0.15, 0.2) is 0 Å². The van der Waals surface area contributed by atoms with E-state index in [4.69, 9.17) is 0 Å². The number of amides is 3. The average Bonchev–Trinajstić information content (AvgIpc) is 3.45. The van der Waals surface area contributed by atoms with Gasteiger partial charge in [0.25, 0.3) is 0 Å². The summed E-state index contributed by atoms with van der Waals surface area (Å²) in [5.41, 5.74) is -2.44. The van der Waals surface area contributed by atoms with Gasteiger partial charge in [0.1, 0.15) is 12.1 Å². The number of carbonyl (C=O) groups is 3. The van der Waals surface area contributed by atoms with Crippen LogP contribution >= 0.6 is 0 Å². The quantitative estimate of drug-likeness (QED) is 0.549. The van der Waals surface area contributed by atoms with Gasteiger partial charge in [0.05, 0.1) is 28.5 Å². The molecule has 11 heteroatoms. The second-order valence-corrected chi connectivity index (χ2v) is 9.51. The number of benzene rings is 2.